The minimum atomic E-state index is -0.984. The Labute approximate surface area is 140 Å². The van der Waals surface area contributed by atoms with Crippen LogP contribution in [0, 0.1) is 5.92 Å². The van der Waals surface area contributed by atoms with Gasteiger partial charge in [0.25, 0.3) is 0 Å². The summed E-state index contributed by atoms with van der Waals surface area (Å²) in [6.45, 7) is 1.02. The highest BCUT2D eigenvalue weighted by Gasteiger charge is 2.25. The summed E-state index contributed by atoms with van der Waals surface area (Å²) < 4.78 is 11.3. The largest absolute Gasteiger partial charge is 0.393 e. The third-order valence-corrected chi connectivity index (χ3v) is 5.36. The van der Waals surface area contributed by atoms with Crippen molar-refractivity contribution in [2.75, 3.05) is 19.8 Å². The van der Waals surface area contributed by atoms with E-state index in [9.17, 15) is 14.1 Å². The summed E-state index contributed by atoms with van der Waals surface area (Å²) in [5.41, 5.74) is 0.971. The monoisotopic (exact) mass is 338 g/mol. The van der Waals surface area contributed by atoms with Crippen molar-refractivity contribution in [2.24, 2.45) is 5.92 Å². The fraction of sp³-hybridized carbons (Fsp3) is 0.588. The summed E-state index contributed by atoms with van der Waals surface area (Å²) in [4.78, 5) is 14.6. The number of rotatable bonds is 5. The number of aliphatic hydroxyl groups excluding tert-OH is 1. The Hall–Kier alpha value is -1.40. The molecule has 0 unspecified atom stereocenters. The van der Waals surface area contributed by atoms with Gasteiger partial charge < -0.3 is 15.3 Å². The van der Waals surface area contributed by atoms with Crippen LogP contribution in [0.5, 0.6) is 0 Å². The Morgan fingerprint density at radius 1 is 1.30 bits per heavy atom. The van der Waals surface area contributed by atoms with Crippen molar-refractivity contribution < 1.29 is 14.1 Å². The summed E-state index contributed by atoms with van der Waals surface area (Å²) in [5, 5.41) is 12.9. The van der Waals surface area contributed by atoms with Crippen LogP contribution in [0.2, 0.25) is 0 Å². The van der Waals surface area contributed by atoms with Gasteiger partial charge in [0.05, 0.1) is 6.10 Å². The Kier molecular flexibility index (Phi) is 6.59. The number of nitrogens with one attached hydrogen (secondary N) is 1. The molecule has 1 aromatic carbocycles. The predicted octanol–water partition coefficient (Wildman–Crippen LogP) is 2.12. The van der Waals surface area contributed by atoms with Gasteiger partial charge in [-0.1, -0.05) is 25.0 Å². The molecule has 2 amide bonds. The average Bonchev–Trinajstić information content (AvgIpc) is 2.55. The van der Waals surface area contributed by atoms with Crippen molar-refractivity contribution in [3.8, 4) is 0 Å². The molecule has 5 nitrogen and oxygen atoms in total. The SMILES string of the molecule is CN(C[C@@H]1CCCC[C@@H]1O)C(=O)NCc1ccc([S@](C)=O)cc1. The van der Waals surface area contributed by atoms with Crippen LogP contribution in [0.25, 0.3) is 0 Å². The van der Waals surface area contributed by atoms with Crippen molar-refractivity contribution in [1.82, 2.24) is 10.2 Å². The lowest BCUT2D eigenvalue weighted by Gasteiger charge is -2.31. The van der Waals surface area contributed by atoms with E-state index in [-0.39, 0.29) is 18.1 Å². The second kappa shape index (κ2) is 8.45. The molecule has 0 saturated heterocycles. The maximum Gasteiger partial charge on any atom is 0.317 e. The lowest BCUT2D eigenvalue weighted by molar-refractivity contribution is 0.0565. The van der Waals surface area contributed by atoms with Crippen LogP contribution in [-0.2, 0) is 17.3 Å². The van der Waals surface area contributed by atoms with Crippen LogP contribution in [0.1, 0.15) is 31.2 Å². The first-order valence-corrected chi connectivity index (χ1v) is 9.62. The summed E-state index contributed by atoms with van der Waals surface area (Å²) in [5.74, 6) is 0.179. The van der Waals surface area contributed by atoms with E-state index in [0.29, 0.717) is 13.1 Å². The number of hydrogen-bond donors (Lipinski definition) is 2. The molecule has 23 heavy (non-hydrogen) atoms. The number of amides is 2. The van der Waals surface area contributed by atoms with Crippen LogP contribution in [0.3, 0.4) is 0 Å². The Morgan fingerprint density at radius 2 is 1.96 bits per heavy atom. The first-order chi connectivity index (χ1) is 11.0. The number of nitrogens with zero attached hydrogens (tertiary/aromatic N) is 1. The van der Waals surface area contributed by atoms with Crippen LogP contribution in [0.15, 0.2) is 29.2 Å². The van der Waals surface area contributed by atoms with Crippen LogP contribution >= 0.6 is 0 Å². The van der Waals surface area contributed by atoms with Gasteiger partial charge in [-0.15, -0.1) is 0 Å². The first kappa shape index (κ1) is 17.9. The fourth-order valence-corrected chi connectivity index (χ4v) is 3.47. The summed E-state index contributed by atoms with van der Waals surface area (Å²) in [6.07, 6.45) is 5.38. The lowest BCUT2D eigenvalue weighted by atomic mass is 9.86. The molecule has 0 aromatic heterocycles. The fourth-order valence-electron chi connectivity index (χ4n) is 2.95. The van der Waals surface area contributed by atoms with Crippen molar-refractivity contribution in [3.05, 3.63) is 29.8 Å². The standard InChI is InChI=1S/C17H26N2O3S/c1-19(12-14-5-3-4-6-16(14)20)17(21)18-11-13-7-9-15(10-8-13)23(2)22/h7-10,14,16,20H,3-6,11-12H2,1-2H3,(H,18,21)/t14-,16-,23-/m0/s1. The molecule has 3 atom stereocenters. The van der Waals surface area contributed by atoms with Crippen molar-refractivity contribution in [3.63, 3.8) is 0 Å². The zero-order valence-corrected chi connectivity index (χ0v) is 14.6. The molecule has 1 saturated carbocycles. The van der Waals surface area contributed by atoms with Crippen LogP contribution < -0.4 is 5.32 Å². The van der Waals surface area contributed by atoms with Gasteiger partial charge in [0.2, 0.25) is 0 Å². The summed E-state index contributed by atoms with van der Waals surface area (Å²) >= 11 is 0. The molecule has 1 aromatic rings. The topological polar surface area (TPSA) is 69.6 Å². The number of hydrogen-bond acceptors (Lipinski definition) is 3. The molecular weight excluding hydrogens is 312 g/mol. The Morgan fingerprint density at radius 3 is 2.57 bits per heavy atom. The van der Waals surface area contributed by atoms with Gasteiger partial charge in [0.15, 0.2) is 0 Å². The van der Waals surface area contributed by atoms with Gasteiger partial charge in [0.1, 0.15) is 0 Å². The van der Waals surface area contributed by atoms with E-state index in [1.807, 2.05) is 24.3 Å². The minimum absolute atomic E-state index is 0.133. The summed E-state index contributed by atoms with van der Waals surface area (Å²) in [7, 11) is 0.779. The molecule has 6 heteroatoms. The third kappa shape index (κ3) is 5.32. The number of urea groups is 1. The normalized spacial score (nSPS) is 22.4. The number of aliphatic hydroxyl groups is 1. The van der Waals surface area contributed by atoms with E-state index < -0.39 is 10.8 Å². The first-order valence-electron chi connectivity index (χ1n) is 8.06. The number of benzene rings is 1. The van der Waals surface area contributed by atoms with Crippen LogP contribution in [-0.4, -0.2) is 46.2 Å². The molecule has 0 aliphatic heterocycles. The third-order valence-electron chi connectivity index (χ3n) is 4.42. The van der Waals surface area contributed by atoms with Crippen molar-refractivity contribution in [2.45, 2.75) is 43.2 Å². The quantitative estimate of drug-likeness (QED) is 0.864. The van der Waals surface area contributed by atoms with Crippen molar-refractivity contribution in [1.29, 1.82) is 0 Å². The molecule has 2 rings (SSSR count). The van der Waals surface area contributed by atoms with Gasteiger partial charge in [-0.25, -0.2) is 4.79 Å². The van der Waals surface area contributed by atoms with E-state index in [1.54, 1.807) is 18.2 Å². The second-order valence-corrected chi connectivity index (χ2v) is 7.63. The summed E-state index contributed by atoms with van der Waals surface area (Å²) in [6, 6.07) is 7.26. The molecule has 0 spiro atoms. The van der Waals surface area contributed by atoms with Gasteiger partial charge >= 0.3 is 6.03 Å². The van der Waals surface area contributed by atoms with Crippen LogP contribution in [0.4, 0.5) is 4.79 Å². The molecular formula is C17H26N2O3S. The highest BCUT2D eigenvalue weighted by molar-refractivity contribution is 7.84. The van der Waals surface area contributed by atoms with E-state index in [2.05, 4.69) is 5.32 Å². The lowest BCUT2D eigenvalue weighted by Crippen LogP contribution is -2.42. The molecule has 1 aliphatic carbocycles. The Balaban J connectivity index is 1.80. The highest BCUT2D eigenvalue weighted by Crippen LogP contribution is 2.24. The minimum Gasteiger partial charge on any atom is -0.393 e. The molecule has 2 N–H and O–H groups in total. The maximum absolute atomic E-state index is 12.2. The second-order valence-electron chi connectivity index (χ2n) is 6.25. The van der Waals surface area contributed by atoms with E-state index in [1.165, 1.54) is 0 Å². The van der Waals surface area contributed by atoms with Gasteiger partial charge in [0, 0.05) is 48.0 Å². The predicted molar refractivity (Wildman–Crippen MR) is 91.6 cm³/mol. The molecule has 0 radical (unpaired) electrons. The van der Waals surface area contributed by atoms with E-state index in [0.717, 1.165) is 36.1 Å². The highest BCUT2D eigenvalue weighted by atomic mass is 32.2. The molecule has 1 fully saturated rings. The zero-order valence-electron chi connectivity index (χ0n) is 13.8. The average molecular weight is 338 g/mol. The number of carbonyl (C=O) groups is 1. The molecule has 0 bridgehead atoms. The van der Waals surface area contributed by atoms with E-state index in [4.69, 9.17) is 0 Å². The molecule has 1 aliphatic rings. The zero-order chi connectivity index (χ0) is 16.8. The molecule has 0 heterocycles. The van der Waals surface area contributed by atoms with Crippen molar-refractivity contribution >= 4 is 16.8 Å². The van der Waals surface area contributed by atoms with Gasteiger partial charge in [-0.3, -0.25) is 4.21 Å². The Bertz CT molecular complexity index is 547. The van der Waals surface area contributed by atoms with Gasteiger partial charge in [-0.05, 0) is 30.5 Å². The number of carbonyl (C=O) groups excluding carboxylic acids is 1. The van der Waals surface area contributed by atoms with Gasteiger partial charge in [-0.2, -0.15) is 0 Å². The maximum atomic E-state index is 12.2. The molecule has 128 valence electrons. The smallest absolute Gasteiger partial charge is 0.317 e. The van der Waals surface area contributed by atoms with E-state index >= 15 is 0 Å².